The molecule has 0 aliphatic heterocycles. The summed E-state index contributed by atoms with van der Waals surface area (Å²) in [5.74, 6) is 1.14. The van der Waals surface area contributed by atoms with Gasteiger partial charge in [0.15, 0.2) is 5.96 Å². The Hall–Kier alpha value is -1.20. The Morgan fingerprint density at radius 3 is 2.58 bits per heavy atom. The van der Waals surface area contributed by atoms with Gasteiger partial charge < -0.3 is 15.4 Å². The van der Waals surface area contributed by atoms with Crippen LogP contribution in [0.5, 0.6) is 5.88 Å². The zero-order valence-corrected chi connectivity index (χ0v) is 12.6. The molecule has 0 aromatic carbocycles. The van der Waals surface area contributed by atoms with E-state index in [1.165, 1.54) is 6.20 Å². The second kappa shape index (κ2) is 8.82. The predicted octanol–water partition coefficient (Wildman–Crippen LogP) is 2.34. The van der Waals surface area contributed by atoms with Crippen LogP contribution < -0.4 is 15.4 Å². The maximum absolute atomic E-state index is 5.94. The van der Waals surface area contributed by atoms with Crippen molar-refractivity contribution in [1.29, 1.82) is 0 Å². The van der Waals surface area contributed by atoms with E-state index in [2.05, 4.69) is 20.6 Å². The van der Waals surface area contributed by atoms with E-state index in [0.29, 0.717) is 29.1 Å². The maximum Gasteiger partial charge on any atom is 0.232 e. The van der Waals surface area contributed by atoms with E-state index >= 15 is 0 Å². The van der Waals surface area contributed by atoms with E-state index in [4.69, 9.17) is 27.9 Å². The van der Waals surface area contributed by atoms with Gasteiger partial charge in [0, 0.05) is 19.3 Å². The Balaban J connectivity index is 2.42. The number of halogens is 2. The van der Waals surface area contributed by atoms with E-state index < -0.39 is 0 Å². The first-order valence-corrected chi connectivity index (χ1v) is 6.89. The summed E-state index contributed by atoms with van der Waals surface area (Å²) in [5, 5.41) is 7.13. The van der Waals surface area contributed by atoms with Crippen LogP contribution in [0, 0.1) is 0 Å². The standard InChI is InChI=1S/C12H18Cl2N4O/c1-3-15-12(16-4-2)17-5-6-19-11-10(14)7-9(13)8-18-11/h7-8H,3-6H2,1-2H3,(H2,15,16,17). The molecule has 19 heavy (non-hydrogen) atoms. The lowest BCUT2D eigenvalue weighted by Gasteiger charge is -2.09. The number of hydrogen-bond acceptors (Lipinski definition) is 3. The summed E-state index contributed by atoms with van der Waals surface area (Å²) in [6, 6.07) is 1.59. The number of guanidine groups is 1. The van der Waals surface area contributed by atoms with E-state index in [9.17, 15) is 0 Å². The second-order valence-corrected chi connectivity index (χ2v) is 4.42. The molecule has 0 saturated carbocycles. The molecule has 1 rings (SSSR count). The van der Waals surface area contributed by atoms with Crippen LogP contribution in [0.2, 0.25) is 10.0 Å². The number of nitrogens with one attached hydrogen (secondary N) is 2. The minimum Gasteiger partial charge on any atom is -0.475 e. The summed E-state index contributed by atoms with van der Waals surface area (Å²) in [7, 11) is 0. The van der Waals surface area contributed by atoms with E-state index in [-0.39, 0.29) is 0 Å². The van der Waals surface area contributed by atoms with Crippen molar-refractivity contribution in [2.75, 3.05) is 26.2 Å². The van der Waals surface area contributed by atoms with Crippen LogP contribution in [0.1, 0.15) is 13.8 Å². The molecule has 0 atom stereocenters. The lowest BCUT2D eigenvalue weighted by Crippen LogP contribution is -2.37. The molecule has 1 aromatic heterocycles. The fraction of sp³-hybridized carbons (Fsp3) is 0.500. The number of nitrogens with zero attached hydrogens (tertiary/aromatic N) is 2. The highest BCUT2D eigenvalue weighted by Crippen LogP contribution is 2.24. The molecular weight excluding hydrogens is 287 g/mol. The first-order chi connectivity index (χ1) is 9.17. The van der Waals surface area contributed by atoms with Gasteiger partial charge in [0.2, 0.25) is 5.88 Å². The van der Waals surface area contributed by atoms with Gasteiger partial charge in [-0.3, -0.25) is 0 Å². The van der Waals surface area contributed by atoms with Gasteiger partial charge >= 0.3 is 0 Å². The first kappa shape index (κ1) is 15.9. The highest BCUT2D eigenvalue weighted by molar-refractivity contribution is 6.35. The quantitative estimate of drug-likeness (QED) is 0.481. The molecule has 0 radical (unpaired) electrons. The predicted molar refractivity (Wildman–Crippen MR) is 79.4 cm³/mol. The molecule has 0 aliphatic rings. The van der Waals surface area contributed by atoms with Gasteiger partial charge in [0.1, 0.15) is 11.6 Å². The number of rotatable bonds is 6. The lowest BCUT2D eigenvalue weighted by atomic mass is 10.5. The van der Waals surface area contributed by atoms with Gasteiger partial charge in [-0.15, -0.1) is 0 Å². The molecule has 1 aromatic rings. The van der Waals surface area contributed by atoms with Crippen molar-refractivity contribution >= 4 is 29.2 Å². The van der Waals surface area contributed by atoms with Gasteiger partial charge in [-0.1, -0.05) is 23.2 Å². The zero-order valence-electron chi connectivity index (χ0n) is 11.0. The highest BCUT2D eigenvalue weighted by Gasteiger charge is 2.03. The molecule has 2 N–H and O–H groups in total. The number of aliphatic imine (C=N–C) groups is 1. The number of hydrogen-bond donors (Lipinski definition) is 2. The molecule has 106 valence electrons. The third-order valence-corrected chi connectivity index (χ3v) is 2.54. The van der Waals surface area contributed by atoms with Crippen LogP contribution in [0.25, 0.3) is 0 Å². The molecule has 1 heterocycles. The summed E-state index contributed by atoms with van der Waals surface area (Å²) in [4.78, 5) is 8.34. The van der Waals surface area contributed by atoms with Crippen molar-refractivity contribution in [2.24, 2.45) is 4.99 Å². The largest absolute Gasteiger partial charge is 0.475 e. The van der Waals surface area contributed by atoms with Crippen LogP contribution >= 0.6 is 23.2 Å². The number of pyridine rings is 1. The fourth-order valence-electron chi connectivity index (χ4n) is 1.32. The molecule has 0 saturated heterocycles. The van der Waals surface area contributed by atoms with Crippen molar-refractivity contribution in [3.05, 3.63) is 22.3 Å². The van der Waals surface area contributed by atoms with Crippen LogP contribution in [0.4, 0.5) is 0 Å². The van der Waals surface area contributed by atoms with Crippen molar-refractivity contribution in [3.63, 3.8) is 0 Å². The van der Waals surface area contributed by atoms with Gasteiger partial charge in [0.05, 0.1) is 11.6 Å². The minimum absolute atomic E-state index is 0.370. The summed E-state index contributed by atoms with van der Waals surface area (Å²) in [6.45, 7) is 6.57. The van der Waals surface area contributed by atoms with Gasteiger partial charge in [-0.25, -0.2) is 9.98 Å². The molecule has 0 amide bonds. The van der Waals surface area contributed by atoms with E-state index in [1.54, 1.807) is 6.07 Å². The molecule has 0 bridgehead atoms. The van der Waals surface area contributed by atoms with Crippen molar-refractivity contribution in [3.8, 4) is 5.88 Å². The number of ether oxygens (including phenoxy) is 1. The Morgan fingerprint density at radius 2 is 2.00 bits per heavy atom. The third-order valence-electron chi connectivity index (χ3n) is 2.06. The smallest absolute Gasteiger partial charge is 0.232 e. The third kappa shape index (κ3) is 5.98. The first-order valence-electron chi connectivity index (χ1n) is 6.13. The van der Waals surface area contributed by atoms with Gasteiger partial charge in [-0.05, 0) is 19.9 Å². The summed E-state index contributed by atoms with van der Waals surface area (Å²) >= 11 is 11.7. The van der Waals surface area contributed by atoms with Crippen LogP contribution in [0.3, 0.4) is 0 Å². The molecule has 0 aliphatic carbocycles. The van der Waals surface area contributed by atoms with Crippen molar-refractivity contribution < 1.29 is 4.74 Å². The Kier molecular flexibility index (Phi) is 7.36. The average molecular weight is 305 g/mol. The highest BCUT2D eigenvalue weighted by atomic mass is 35.5. The van der Waals surface area contributed by atoms with Crippen molar-refractivity contribution in [2.45, 2.75) is 13.8 Å². The van der Waals surface area contributed by atoms with Crippen LogP contribution in [-0.2, 0) is 0 Å². The molecule has 0 fully saturated rings. The van der Waals surface area contributed by atoms with Crippen LogP contribution in [-0.4, -0.2) is 37.2 Å². The summed E-state index contributed by atoms with van der Waals surface area (Å²) in [6.07, 6.45) is 1.49. The summed E-state index contributed by atoms with van der Waals surface area (Å²) < 4.78 is 5.43. The fourth-order valence-corrected chi connectivity index (χ4v) is 1.75. The topological polar surface area (TPSA) is 58.5 Å². The minimum atomic E-state index is 0.370. The Morgan fingerprint density at radius 1 is 1.32 bits per heavy atom. The van der Waals surface area contributed by atoms with Crippen LogP contribution in [0.15, 0.2) is 17.3 Å². The maximum atomic E-state index is 5.94. The van der Waals surface area contributed by atoms with Gasteiger partial charge in [-0.2, -0.15) is 0 Å². The van der Waals surface area contributed by atoms with Crippen molar-refractivity contribution in [1.82, 2.24) is 15.6 Å². The average Bonchev–Trinajstić information content (AvgIpc) is 2.37. The van der Waals surface area contributed by atoms with Gasteiger partial charge in [0.25, 0.3) is 0 Å². The Bertz CT molecular complexity index is 418. The van der Waals surface area contributed by atoms with E-state index in [0.717, 1.165) is 19.0 Å². The monoisotopic (exact) mass is 304 g/mol. The molecular formula is C12H18Cl2N4O. The molecule has 7 heteroatoms. The normalized spacial score (nSPS) is 9.89. The lowest BCUT2D eigenvalue weighted by molar-refractivity contribution is 0.316. The Labute approximate surface area is 123 Å². The summed E-state index contributed by atoms with van der Waals surface area (Å²) in [5.41, 5.74) is 0. The molecule has 0 unspecified atom stereocenters. The molecule has 5 nitrogen and oxygen atoms in total. The second-order valence-electron chi connectivity index (χ2n) is 3.58. The SMILES string of the molecule is CCNC(=NCCOc1ncc(Cl)cc1Cl)NCC. The molecule has 0 spiro atoms. The zero-order chi connectivity index (χ0) is 14.1. The van der Waals surface area contributed by atoms with E-state index in [1.807, 2.05) is 13.8 Å². The number of aromatic nitrogens is 1.